The van der Waals surface area contributed by atoms with Crippen LogP contribution in [-0.2, 0) is 14.8 Å². The van der Waals surface area contributed by atoms with Crippen LogP contribution in [0.1, 0.15) is 28.1 Å². The average Bonchev–Trinajstić information content (AvgIpc) is 3.17. The predicted octanol–water partition coefficient (Wildman–Crippen LogP) is 6.36. The number of rotatable bonds is 8. The first kappa shape index (κ1) is 28.4. The number of nitrogens with one attached hydrogen (secondary N) is 1. The summed E-state index contributed by atoms with van der Waals surface area (Å²) in [6.07, 6.45) is 1.52. The number of amides is 1. The van der Waals surface area contributed by atoms with E-state index in [9.17, 15) is 13.2 Å². The fourth-order valence-electron chi connectivity index (χ4n) is 4.27. The number of anilines is 1. The van der Waals surface area contributed by atoms with Crippen molar-refractivity contribution in [1.82, 2.24) is 9.99 Å². The first-order valence-electron chi connectivity index (χ1n) is 12.1. The Morgan fingerprint density at radius 1 is 0.949 bits per heavy atom. The van der Waals surface area contributed by atoms with Gasteiger partial charge in [-0.25, -0.2) is 13.8 Å². The fraction of sp³-hybridized carbons (Fsp3) is 0.172. The van der Waals surface area contributed by atoms with Crippen LogP contribution in [0, 0.1) is 27.7 Å². The minimum atomic E-state index is -4.08. The molecular weight excluding hydrogens is 555 g/mol. The molecule has 7 nitrogen and oxygen atoms in total. The number of nitrogens with zero attached hydrogens (tertiary/aromatic N) is 3. The summed E-state index contributed by atoms with van der Waals surface area (Å²) in [4.78, 5) is 13.0. The molecule has 0 aliphatic carbocycles. The van der Waals surface area contributed by atoms with Gasteiger partial charge in [-0.1, -0.05) is 59.1 Å². The molecule has 39 heavy (non-hydrogen) atoms. The topological polar surface area (TPSA) is 83.8 Å². The molecule has 3 aromatic carbocycles. The Labute approximate surface area is 238 Å². The fourth-order valence-corrected chi connectivity index (χ4v) is 6.13. The lowest BCUT2D eigenvalue weighted by Gasteiger charge is -2.25. The number of aromatic nitrogens is 1. The second-order valence-corrected chi connectivity index (χ2v) is 11.8. The van der Waals surface area contributed by atoms with E-state index >= 15 is 0 Å². The molecular formula is C29H28Cl2N4O3S. The number of benzene rings is 3. The summed E-state index contributed by atoms with van der Waals surface area (Å²) in [5, 5.41) is 5.11. The van der Waals surface area contributed by atoms with Crippen molar-refractivity contribution in [3.8, 4) is 5.69 Å². The van der Waals surface area contributed by atoms with Crippen LogP contribution in [0.2, 0.25) is 10.0 Å². The van der Waals surface area contributed by atoms with Crippen molar-refractivity contribution in [2.45, 2.75) is 32.6 Å². The summed E-state index contributed by atoms with van der Waals surface area (Å²) in [6, 6.07) is 20.8. The van der Waals surface area contributed by atoms with Crippen LogP contribution >= 0.6 is 23.2 Å². The quantitative estimate of drug-likeness (QED) is 0.194. The van der Waals surface area contributed by atoms with E-state index in [0.717, 1.165) is 32.5 Å². The highest BCUT2D eigenvalue weighted by Gasteiger charge is 2.28. The summed E-state index contributed by atoms with van der Waals surface area (Å²) in [5.41, 5.74) is 7.68. The van der Waals surface area contributed by atoms with Gasteiger partial charge in [-0.2, -0.15) is 5.10 Å². The van der Waals surface area contributed by atoms with E-state index < -0.39 is 22.5 Å². The average molecular weight is 584 g/mol. The SMILES string of the molecule is Cc1ccc(S(=O)(=O)N(CC(=O)N/N=C\c2cc(C)n(-c3ccccc3Cl)c2C)c2cccc(Cl)c2C)cc1. The molecule has 0 saturated carbocycles. The van der Waals surface area contributed by atoms with Gasteiger partial charge in [0, 0.05) is 22.0 Å². The molecule has 1 amide bonds. The van der Waals surface area contributed by atoms with Gasteiger partial charge in [0.05, 0.1) is 27.5 Å². The minimum Gasteiger partial charge on any atom is -0.316 e. The highest BCUT2D eigenvalue weighted by atomic mass is 35.5. The number of sulfonamides is 1. The van der Waals surface area contributed by atoms with Gasteiger partial charge in [-0.15, -0.1) is 0 Å². The van der Waals surface area contributed by atoms with E-state index in [1.165, 1.54) is 18.3 Å². The van der Waals surface area contributed by atoms with E-state index in [1.807, 2.05) is 55.7 Å². The smallest absolute Gasteiger partial charge is 0.264 e. The number of hydrazone groups is 1. The summed E-state index contributed by atoms with van der Waals surface area (Å²) < 4.78 is 30.3. The van der Waals surface area contributed by atoms with Crippen molar-refractivity contribution in [3.05, 3.63) is 111 Å². The van der Waals surface area contributed by atoms with Gasteiger partial charge in [-0.05, 0) is 75.7 Å². The zero-order chi connectivity index (χ0) is 28.3. The third-order valence-electron chi connectivity index (χ3n) is 6.36. The zero-order valence-corrected chi connectivity index (χ0v) is 24.3. The number of hydrogen-bond acceptors (Lipinski definition) is 4. The number of halogens is 2. The maximum atomic E-state index is 13.6. The number of carbonyl (C=O) groups excluding carboxylic acids is 1. The Morgan fingerprint density at radius 2 is 1.62 bits per heavy atom. The molecule has 1 heterocycles. The molecule has 0 fully saturated rings. The van der Waals surface area contributed by atoms with Crippen LogP contribution in [-0.4, -0.2) is 31.7 Å². The van der Waals surface area contributed by atoms with E-state index in [4.69, 9.17) is 23.2 Å². The normalized spacial score (nSPS) is 11.6. The second-order valence-electron chi connectivity index (χ2n) is 9.12. The van der Waals surface area contributed by atoms with Gasteiger partial charge in [0.25, 0.3) is 15.9 Å². The van der Waals surface area contributed by atoms with Crippen LogP contribution < -0.4 is 9.73 Å². The van der Waals surface area contributed by atoms with Crippen LogP contribution in [0.4, 0.5) is 5.69 Å². The van der Waals surface area contributed by atoms with Gasteiger partial charge >= 0.3 is 0 Å². The standard InChI is InChI=1S/C29H28Cl2N4O3S/c1-19-12-14-24(15-13-19)39(37,38)34(27-11-7-9-25(30)21(27)3)18-29(36)33-32-17-23-16-20(2)35(22(23)4)28-10-6-5-8-26(28)31/h5-17H,18H2,1-4H3,(H,33,36)/b32-17-. The highest BCUT2D eigenvalue weighted by molar-refractivity contribution is 7.92. The summed E-state index contributed by atoms with van der Waals surface area (Å²) in [5.74, 6) is -0.610. The monoisotopic (exact) mass is 582 g/mol. The maximum absolute atomic E-state index is 13.6. The Morgan fingerprint density at radius 3 is 2.31 bits per heavy atom. The van der Waals surface area contributed by atoms with Crippen molar-refractivity contribution in [2.75, 3.05) is 10.8 Å². The molecule has 0 bridgehead atoms. The van der Waals surface area contributed by atoms with E-state index in [1.54, 1.807) is 37.3 Å². The molecule has 4 rings (SSSR count). The van der Waals surface area contributed by atoms with E-state index in [0.29, 0.717) is 21.3 Å². The summed E-state index contributed by atoms with van der Waals surface area (Å²) in [7, 11) is -4.08. The van der Waals surface area contributed by atoms with Crippen LogP contribution in [0.15, 0.2) is 82.8 Å². The second kappa shape index (κ2) is 11.7. The predicted molar refractivity (Wildman–Crippen MR) is 158 cm³/mol. The lowest BCUT2D eigenvalue weighted by molar-refractivity contribution is -0.119. The molecule has 1 aromatic heterocycles. The summed E-state index contributed by atoms with van der Waals surface area (Å²) in [6.45, 7) is 6.96. The Bertz CT molecular complexity index is 1660. The molecule has 4 aromatic rings. The molecule has 10 heteroatoms. The third-order valence-corrected chi connectivity index (χ3v) is 8.86. The van der Waals surface area contributed by atoms with Crippen LogP contribution in [0.25, 0.3) is 5.69 Å². The lowest BCUT2D eigenvalue weighted by Crippen LogP contribution is -2.40. The number of para-hydroxylation sites is 1. The van der Waals surface area contributed by atoms with Gasteiger partial charge < -0.3 is 4.57 Å². The number of carbonyl (C=O) groups is 1. The van der Waals surface area contributed by atoms with Crippen molar-refractivity contribution >= 4 is 51.0 Å². The van der Waals surface area contributed by atoms with Gasteiger partial charge in [0.1, 0.15) is 6.54 Å². The molecule has 0 radical (unpaired) electrons. The molecule has 0 saturated heterocycles. The third kappa shape index (κ3) is 6.03. The van der Waals surface area contributed by atoms with Crippen molar-refractivity contribution in [3.63, 3.8) is 0 Å². The lowest BCUT2D eigenvalue weighted by atomic mass is 10.2. The summed E-state index contributed by atoms with van der Waals surface area (Å²) >= 11 is 12.7. The van der Waals surface area contributed by atoms with Gasteiger partial charge in [0.2, 0.25) is 0 Å². The van der Waals surface area contributed by atoms with Crippen molar-refractivity contribution < 1.29 is 13.2 Å². The highest BCUT2D eigenvalue weighted by Crippen LogP contribution is 2.31. The molecule has 0 spiro atoms. The maximum Gasteiger partial charge on any atom is 0.264 e. The Hall–Kier alpha value is -3.59. The Balaban J connectivity index is 1.59. The minimum absolute atomic E-state index is 0.0655. The number of hydrogen-bond donors (Lipinski definition) is 1. The molecule has 0 aliphatic heterocycles. The van der Waals surface area contributed by atoms with Gasteiger partial charge in [0.15, 0.2) is 0 Å². The largest absolute Gasteiger partial charge is 0.316 e. The Kier molecular flexibility index (Phi) is 8.49. The molecule has 0 unspecified atom stereocenters. The molecule has 0 aliphatic rings. The van der Waals surface area contributed by atoms with Gasteiger partial charge in [-0.3, -0.25) is 9.10 Å². The van der Waals surface area contributed by atoms with Crippen molar-refractivity contribution in [1.29, 1.82) is 0 Å². The van der Waals surface area contributed by atoms with E-state index in [2.05, 4.69) is 10.5 Å². The molecule has 202 valence electrons. The molecule has 0 atom stereocenters. The number of aryl methyl sites for hydroxylation is 2. The zero-order valence-electron chi connectivity index (χ0n) is 21.9. The first-order chi connectivity index (χ1) is 18.5. The van der Waals surface area contributed by atoms with Crippen LogP contribution in [0.5, 0.6) is 0 Å². The molecule has 1 N–H and O–H groups in total. The first-order valence-corrected chi connectivity index (χ1v) is 14.3. The van der Waals surface area contributed by atoms with Crippen LogP contribution in [0.3, 0.4) is 0 Å². The van der Waals surface area contributed by atoms with Crippen molar-refractivity contribution in [2.24, 2.45) is 5.10 Å². The van der Waals surface area contributed by atoms with E-state index in [-0.39, 0.29) is 4.90 Å².